The van der Waals surface area contributed by atoms with Crippen LogP contribution in [-0.4, -0.2) is 62.8 Å². The quantitative estimate of drug-likeness (QED) is 0.211. The highest BCUT2D eigenvalue weighted by Gasteiger charge is 2.46. The lowest BCUT2D eigenvalue weighted by molar-refractivity contribution is -0.0247. The number of ether oxygens (including phenoxy) is 2. The molecule has 234 valence electrons. The number of hydrogen-bond acceptors (Lipinski definition) is 8. The molecule has 10 nitrogen and oxygen atoms in total. The first-order valence-electron chi connectivity index (χ1n) is 15.3. The van der Waals surface area contributed by atoms with E-state index in [9.17, 15) is 14.7 Å². The molecule has 0 spiro atoms. The highest BCUT2D eigenvalue weighted by molar-refractivity contribution is 6.71. The fourth-order valence-electron chi connectivity index (χ4n) is 6.60. The van der Waals surface area contributed by atoms with Crippen molar-refractivity contribution in [3.63, 3.8) is 0 Å². The van der Waals surface area contributed by atoms with Crippen LogP contribution in [0.4, 0.5) is 0 Å². The standard InChI is InChI=1S/C34H39N5O5Si/c1-22-32(43-2)27-18-25(39-34(41)26-13-9-8-12-24(26)19-35-39)14-15-30(27)44-33(22)31(45(3,4)42)16-17-38-20-29(36-37-38)28(21-40)23-10-6-5-7-11-23/h5-15,18-20,22,28,31-33,40,42H,16-17,21H2,1-4H3/t22-,28?,31?,32-,33-/m1/s1. The normalized spacial score (nSPS) is 19.6. The smallest absolute Gasteiger partial charge is 0.279 e. The van der Waals surface area contributed by atoms with Gasteiger partial charge in [0.1, 0.15) is 11.9 Å². The summed E-state index contributed by atoms with van der Waals surface area (Å²) in [6.07, 6.45) is 3.58. The van der Waals surface area contributed by atoms with Crippen molar-refractivity contribution in [1.82, 2.24) is 24.8 Å². The maximum Gasteiger partial charge on any atom is 0.279 e. The van der Waals surface area contributed by atoms with Gasteiger partial charge in [-0.1, -0.05) is 60.7 Å². The van der Waals surface area contributed by atoms with Crippen LogP contribution in [0.5, 0.6) is 5.75 Å². The lowest BCUT2D eigenvalue weighted by atomic mass is 9.86. The van der Waals surface area contributed by atoms with E-state index in [4.69, 9.17) is 9.47 Å². The summed E-state index contributed by atoms with van der Waals surface area (Å²) in [5.74, 6) is 0.319. The van der Waals surface area contributed by atoms with Gasteiger partial charge in [-0.3, -0.25) is 9.48 Å². The Balaban J connectivity index is 1.25. The molecule has 2 aromatic heterocycles. The predicted octanol–water partition coefficient (Wildman–Crippen LogP) is 4.84. The first-order valence-corrected chi connectivity index (χ1v) is 18.3. The van der Waals surface area contributed by atoms with Crippen LogP contribution in [0, 0.1) is 5.92 Å². The average molecular weight is 626 g/mol. The molecule has 0 amide bonds. The molecule has 2 unspecified atom stereocenters. The minimum atomic E-state index is -2.74. The molecule has 0 saturated heterocycles. The topological polar surface area (TPSA) is 125 Å². The number of aliphatic hydroxyl groups excluding tert-OH is 1. The summed E-state index contributed by atoms with van der Waals surface area (Å²) in [7, 11) is -1.06. The van der Waals surface area contributed by atoms with Gasteiger partial charge in [-0.25, -0.2) is 0 Å². The third kappa shape index (κ3) is 6.08. The van der Waals surface area contributed by atoms with Crippen LogP contribution in [0.25, 0.3) is 16.5 Å². The minimum Gasteiger partial charge on any atom is -0.490 e. The SMILES string of the molecule is CO[C@H]1c2cc(-n3ncc4ccccc4c3=O)ccc2O[C@@H](C(CCn2cc(C(CO)c3ccccc3)nn2)[Si](C)(C)O)[C@@H]1C. The zero-order chi connectivity index (χ0) is 31.7. The maximum absolute atomic E-state index is 13.3. The van der Waals surface area contributed by atoms with E-state index in [1.165, 1.54) is 4.68 Å². The third-order valence-corrected chi connectivity index (χ3v) is 11.5. The van der Waals surface area contributed by atoms with E-state index in [-0.39, 0.29) is 41.8 Å². The Morgan fingerprint density at radius 2 is 1.82 bits per heavy atom. The number of rotatable bonds is 10. The summed E-state index contributed by atoms with van der Waals surface area (Å²) < 4.78 is 15.9. The van der Waals surface area contributed by atoms with Crippen molar-refractivity contribution in [2.24, 2.45) is 5.92 Å². The summed E-state index contributed by atoms with van der Waals surface area (Å²) in [6, 6.07) is 22.8. The molecule has 0 bridgehead atoms. The van der Waals surface area contributed by atoms with Crippen molar-refractivity contribution in [2.45, 2.75) is 56.7 Å². The van der Waals surface area contributed by atoms with Gasteiger partial charge in [-0.2, -0.15) is 9.78 Å². The molecule has 5 atom stereocenters. The zero-order valence-corrected chi connectivity index (χ0v) is 26.9. The average Bonchev–Trinajstić information content (AvgIpc) is 3.50. The summed E-state index contributed by atoms with van der Waals surface area (Å²) >= 11 is 0. The van der Waals surface area contributed by atoms with E-state index in [2.05, 4.69) is 22.3 Å². The Morgan fingerprint density at radius 1 is 1.07 bits per heavy atom. The molecule has 3 aromatic carbocycles. The Morgan fingerprint density at radius 3 is 2.56 bits per heavy atom. The largest absolute Gasteiger partial charge is 0.490 e. The van der Waals surface area contributed by atoms with Crippen molar-refractivity contribution in [2.75, 3.05) is 13.7 Å². The minimum absolute atomic E-state index is 0.0690. The van der Waals surface area contributed by atoms with Gasteiger partial charge in [0.25, 0.3) is 5.56 Å². The second kappa shape index (κ2) is 12.7. The molecule has 45 heavy (non-hydrogen) atoms. The number of benzene rings is 3. The lowest BCUT2D eigenvalue weighted by Gasteiger charge is -2.43. The molecule has 0 aliphatic carbocycles. The molecule has 0 saturated carbocycles. The number of hydrogen-bond donors (Lipinski definition) is 2. The molecule has 0 fully saturated rings. The summed E-state index contributed by atoms with van der Waals surface area (Å²) in [5.41, 5.74) is 2.82. The monoisotopic (exact) mass is 625 g/mol. The van der Waals surface area contributed by atoms with Crippen molar-refractivity contribution >= 4 is 19.1 Å². The van der Waals surface area contributed by atoms with Crippen LogP contribution in [0.15, 0.2) is 90.0 Å². The van der Waals surface area contributed by atoms with Crippen LogP contribution >= 0.6 is 0 Å². The van der Waals surface area contributed by atoms with Crippen LogP contribution in [0.2, 0.25) is 18.6 Å². The van der Waals surface area contributed by atoms with Gasteiger partial charge in [0.2, 0.25) is 0 Å². The molecular formula is C34H39N5O5Si. The van der Waals surface area contributed by atoms with Crippen LogP contribution < -0.4 is 10.3 Å². The Kier molecular flexibility index (Phi) is 8.69. The predicted molar refractivity (Wildman–Crippen MR) is 174 cm³/mol. The first-order chi connectivity index (χ1) is 21.7. The number of aromatic nitrogens is 5. The molecule has 6 rings (SSSR count). The van der Waals surface area contributed by atoms with E-state index in [0.29, 0.717) is 35.5 Å². The van der Waals surface area contributed by atoms with Gasteiger partial charge in [-0.15, -0.1) is 5.10 Å². The number of fused-ring (bicyclic) bond motifs is 2. The molecule has 1 aliphatic heterocycles. The fourth-order valence-corrected chi connectivity index (χ4v) is 8.61. The summed E-state index contributed by atoms with van der Waals surface area (Å²) in [5, 5.41) is 24.6. The molecule has 2 N–H and O–H groups in total. The Bertz CT molecular complexity index is 1840. The third-order valence-electron chi connectivity index (χ3n) is 9.02. The van der Waals surface area contributed by atoms with E-state index in [1.807, 2.05) is 86.0 Å². The Labute approximate surface area is 263 Å². The number of aliphatic hydroxyl groups is 1. The molecule has 1 aliphatic rings. The van der Waals surface area contributed by atoms with Crippen LogP contribution in [0.1, 0.15) is 42.2 Å². The summed E-state index contributed by atoms with van der Waals surface area (Å²) in [6.45, 7) is 6.43. The van der Waals surface area contributed by atoms with Crippen LogP contribution in [0.3, 0.4) is 0 Å². The van der Waals surface area contributed by atoms with Gasteiger partial charge < -0.3 is 19.4 Å². The molecule has 5 aromatic rings. The second-order valence-corrected chi connectivity index (χ2v) is 16.4. The van der Waals surface area contributed by atoms with E-state index in [1.54, 1.807) is 24.1 Å². The van der Waals surface area contributed by atoms with Gasteiger partial charge in [0, 0.05) is 42.3 Å². The molecule has 3 heterocycles. The number of aryl methyl sites for hydroxylation is 1. The van der Waals surface area contributed by atoms with Crippen molar-refractivity contribution in [3.05, 3.63) is 112 Å². The highest BCUT2D eigenvalue weighted by Crippen LogP contribution is 2.47. The second-order valence-electron chi connectivity index (χ2n) is 12.4. The van der Waals surface area contributed by atoms with Crippen LogP contribution in [-0.2, 0) is 11.3 Å². The molecule has 11 heteroatoms. The zero-order valence-electron chi connectivity index (χ0n) is 25.9. The van der Waals surface area contributed by atoms with Gasteiger partial charge in [0.15, 0.2) is 8.32 Å². The lowest BCUT2D eigenvalue weighted by Crippen LogP contribution is -2.48. The number of nitrogens with zero attached hydrogens (tertiary/aromatic N) is 5. The van der Waals surface area contributed by atoms with Crippen molar-refractivity contribution in [3.8, 4) is 11.4 Å². The van der Waals surface area contributed by atoms with E-state index < -0.39 is 8.32 Å². The highest BCUT2D eigenvalue weighted by atomic mass is 28.4. The van der Waals surface area contributed by atoms with Gasteiger partial charge >= 0.3 is 0 Å². The molecule has 0 radical (unpaired) electrons. The van der Waals surface area contributed by atoms with E-state index in [0.717, 1.165) is 16.5 Å². The first kappa shape index (κ1) is 30.8. The summed E-state index contributed by atoms with van der Waals surface area (Å²) in [4.78, 5) is 24.8. The Hall–Kier alpha value is -4.16. The molecular weight excluding hydrogens is 586 g/mol. The van der Waals surface area contributed by atoms with Gasteiger partial charge in [-0.05, 0) is 49.3 Å². The van der Waals surface area contributed by atoms with E-state index >= 15 is 0 Å². The number of methoxy groups -OCH3 is 1. The fraction of sp³-hybridized carbons (Fsp3) is 0.353. The maximum atomic E-state index is 13.3. The van der Waals surface area contributed by atoms with Crippen molar-refractivity contribution in [1.29, 1.82) is 0 Å². The van der Waals surface area contributed by atoms with Crippen molar-refractivity contribution < 1.29 is 19.4 Å². The van der Waals surface area contributed by atoms with Gasteiger partial charge in [0.05, 0.1) is 41.6 Å².